The van der Waals surface area contributed by atoms with Crippen LogP contribution in [0, 0.1) is 0 Å². The second-order valence-corrected chi connectivity index (χ2v) is 8.28. The summed E-state index contributed by atoms with van der Waals surface area (Å²) in [7, 11) is 0. The van der Waals surface area contributed by atoms with Crippen molar-refractivity contribution in [3.8, 4) is 11.4 Å². The Hall–Kier alpha value is -3.08. The fourth-order valence-corrected chi connectivity index (χ4v) is 4.56. The molecule has 0 aliphatic carbocycles. The number of ether oxygens (including phenoxy) is 1. The summed E-state index contributed by atoms with van der Waals surface area (Å²) >= 11 is 1.21. The molecule has 0 spiro atoms. The number of rotatable bonds is 6. The Morgan fingerprint density at radius 2 is 1.69 bits per heavy atom. The van der Waals surface area contributed by atoms with Crippen molar-refractivity contribution in [2.24, 2.45) is 0 Å². The number of aromatic nitrogens is 4. The van der Waals surface area contributed by atoms with Gasteiger partial charge in [-0.05, 0) is 59.5 Å². The number of carbonyl (C=O) groups excluding carboxylic acids is 1. The summed E-state index contributed by atoms with van der Waals surface area (Å²) in [6.07, 6.45) is -1.71. The van der Waals surface area contributed by atoms with E-state index in [1.807, 2.05) is 35.2 Å². The van der Waals surface area contributed by atoms with Crippen molar-refractivity contribution in [1.82, 2.24) is 25.1 Å². The lowest BCUT2D eigenvalue weighted by Crippen LogP contribution is -2.38. The number of hydrogen-bond acceptors (Lipinski definition) is 6. The molecule has 11 heteroatoms. The molecule has 0 bridgehead atoms. The van der Waals surface area contributed by atoms with Gasteiger partial charge in [0.2, 0.25) is 11.1 Å². The fraction of sp³-hybridized carbons (Fsp3) is 0.333. The predicted octanol–water partition coefficient (Wildman–Crippen LogP) is 4.41. The highest BCUT2D eigenvalue weighted by molar-refractivity contribution is 8.00. The van der Waals surface area contributed by atoms with Crippen molar-refractivity contribution in [2.75, 3.05) is 13.1 Å². The van der Waals surface area contributed by atoms with Crippen LogP contribution in [0.15, 0.2) is 59.8 Å². The van der Waals surface area contributed by atoms with Gasteiger partial charge >= 0.3 is 6.36 Å². The standard InChI is InChI=1S/C21H20F3N5O2S/c22-21(23,24)31-17-11-9-16(10-12-17)29-20(25-26-27-29)32-18(15-7-3-1-4-8-15)19(30)28-13-5-2-6-14-28/h1,3-4,7-12,18H,2,5-6,13-14H2. The van der Waals surface area contributed by atoms with Crippen molar-refractivity contribution >= 4 is 17.7 Å². The summed E-state index contributed by atoms with van der Waals surface area (Å²) in [6.45, 7) is 1.43. The number of likely N-dealkylation sites (tertiary alicyclic amines) is 1. The minimum atomic E-state index is -4.77. The molecule has 32 heavy (non-hydrogen) atoms. The zero-order chi connectivity index (χ0) is 22.6. The SMILES string of the molecule is O=C(C(Sc1nnnn1-c1ccc(OC(F)(F)F)cc1)c1ccccc1)N1CCCCC1. The Kier molecular flexibility index (Phi) is 6.63. The Labute approximate surface area is 186 Å². The Balaban J connectivity index is 1.59. The molecule has 1 aliphatic rings. The van der Waals surface area contributed by atoms with Crippen molar-refractivity contribution < 1.29 is 22.7 Å². The van der Waals surface area contributed by atoms with Crippen LogP contribution in [0.4, 0.5) is 13.2 Å². The van der Waals surface area contributed by atoms with Crippen molar-refractivity contribution in [3.05, 3.63) is 60.2 Å². The highest BCUT2D eigenvalue weighted by Crippen LogP contribution is 2.37. The monoisotopic (exact) mass is 463 g/mol. The van der Waals surface area contributed by atoms with Gasteiger partial charge in [-0.15, -0.1) is 18.3 Å². The second-order valence-electron chi connectivity index (χ2n) is 7.21. The van der Waals surface area contributed by atoms with Gasteiger partial charge in [-0.1, -0.05) is 42.1 Å². The molecule has 2 heterocycles. The highest BCUT2D eigenvalue weighted by Gasteiger charge is 2.32. The first-order valence-electron chi connectivity index (χ1n) is 10.1. The molecular formula is C21H20F3N5O2S. The molecule has 1 aromatic heterocycles. The van der Waals surface area contributed by atoms with Gasteiger partial charge in [0.1, 0.15) is 11.0 Å². The van der Waals surface area contributed by atoms with Crippen LogP contribution in [0.25, 0.3) is 5.69 Å². The van der Waals surface area contributed by atoms with Crippen molar-refractivity contribution in [3.63, 3.8) is 0 Å². The summed E-state index contributed by atoms with van der Waals surface area (Å²) < 4.78 is 42.5. The maximum Gasteiger partial charge on any atom is 0.573 e. The van der Waals surface area contributed by atoms with E-state index in [4.69, 9.17) is 0 Å². The molecule has 168 valence electrons. The number of benzene rings is 2. The van der Waals surface area contributed by atoms with Crippen LogP contribution >= 0.6 is 11.8 Å². The summed E-state index contributed by atoms with van der Waals surface area (Å²) in [5.74, 6) is -0.352. The largest absolute Gasteiger partial charge is 0.573 e. The van der Waals surface area contributed by atoms with Crippen LogP contribution in [0.5, 0.6) is 5.75 Å². The molecular weight excluding hydrogens is 443 g/mol. The molecule has 0 radical (unpaired) electrons. The van der Waals surface area contributed by atoms with E-state index in [-0.39, 0.29) is 11.7 Å². The number of halogens is 3. The van der Waals surface area contributed by atoms with Gasteiger partial charge in [0.25, 0.3) is 0 Å². The molecule has 1 atom stereocenters. The molecule has 1 saturated heterocycles. The molecule has 3 aromatic rings. The first kappa shape index (κ1) is 22.1. The zero-order valence-corrected chi connectivity index (χ0v) is 17.7. The van der Waals surface area contributed by atoms with E-state index >= 15 is 0 Å². The van der Waals surface area contributed by atoms with E-state index in [9.17, 15) is 18.0 Å². The number of piperidine rings is 1. The topological polar surface area (TPSA) is 73.1 Å². The number of thioether (sulfide) groups is 1. The van der Waals surface area contributed by atoms with E-state index in [2.05, 4.69) is 20.3 Å². The van der Waals surface area contributed by atoms with E-state index in [1.54, 1.807) is 0 Å². The Morgan fingerprint density at radius 1 is 1.00 bits per heavy atom. The predicted molar refractivity (Wildman–Crippen MR) is 111 cm³/mol. The van der Waals surface area contributed by atoms with Crippen LogP contribution in [-0.2, 0) is 4.79 Å². The molecule has 1 aliphatic heterocycles. The van der Waals surface area contributed by atoms with Crippen LogP contribution in [0.3, 0.4) is 0 Å². The number of alkyl halides is 3. The quantitative estimate of drug-likeness (QED) is 0.505. The van der Waals surface area contributed by atoms with Gasteiger partial charge < -0.3 is 9.64 Å². The van der Waals surface area contributed by atoms with Gasteiger partial charge in [0, 0.05) is 13.1 Å². The first-order chi connectivity index (χ1) is 15.4. The van der Waals surface area contributed by atoms with E-state index in [0.29, 0.717) is 23.9 Å². The van der Waals surface area contributed by atoms with Gasteiger partial charge in [0.05, 0.1) is 5.69 Å². The lowest BCUT2D eigenvalue weighted by Gasteiger charge is -2.30. The van der Waals surface area contributed by atoms with E-state index < -0.39 is 11.6 Å². The maximum absolute atomic E-state index is 13.4. The van der Waals surface area contributed by atoms with Gasteiger partial charge in [0.15, 0.2) is 0 Å². The van der Waals surface area contributed by atoms with Crippen LogP contribution in [0.1, 0.15) is 30.1 Å². The minimum absolute atomic E-state index is 0.00984. The van der Waals surface area contributed by atoms with Crippen molar-refractivity contribution in [2.45, 2.75) is 36.0 Å². The van der Waals surface area contributed by atoms with Gasteiger partial charge in [-0.3, -0.25) is 4.79 Å². The third kappa shape index (κ3) is 5.39. The number of carbonyl (C=O) groups is 1. The number of tetrazole rings is 1. The first-order valence-corrected chi connectivity index (χ1v) is 10.9. The second kappa shape index (κ2) is 9.60. The van der Waals surface area contributed by atoms with Gasteiger partial charge in [-0.25, -0.2) is 0 Å². The van der Waals surface area contributed by atoms with Crippen LogP contribution < -0.4 is 4.74 Å². The molecule has 1 fully saturated rings. The van der Waals surface area contributed by atoms with Crippen LogP contribution in [-0.4, -0.2) is 50.5 Å². The van der Waals surface area contributed by atoms with Crippen molar-refractivity contribution in [1.29, 1.82) is 0 Å². The summed E-state index contributed by atoms with van der Waals surface area (Å²) in [5, 5.41) is 11.5. The fourth-order valence-electron chi connectivity index (χ4n) is 3.48. The smallest absolute Gasteiger partial charge is 0.406 e. The molecule has 2 aromatic carbocycles. The van der Waals surface area contributed by atoms with Gasteiger partial charge in [-0.2, -0.15) is 4.68 Å². The summed E-state index contributed by atoms with van der Waals surface area (Å²) in [4.78, 5) is 15.2. The van der Waals surface area contributed by atoms with E-state index in [1.165, 1.54) is 40.7 Å². The molecule has 1 amide bonds. The van der Waals surface area contributed by atoms with Crippen LogP contribution in [0.2, 0.25) is 0 Å². The Morgan fingerprint density at radius 3 is 2.34 bits per heavy atom. The molecule has 1 unspecified atom stereocenters. The van der Waals surface area contributed by atoms with E-state index in [0.717, 1.165) is 24.8 Å². The zero-order valence-electron chi connectivity index (χ0n) is 16.9. The third-order valence-electron chi connectivity index (χ3n) is 4.97. The molecule has 4 rings (SSSR count). The molecule has 7 nitrogen and oxygen atoms in total. The normalized spacial score (nSPS) is 15.4. The summed E-state index contributed by atoms with van der Waals surface area (Å²) in [6, 6.07) is 14.6. The number of nitrogens with zero attached hydrogens (tertiary/aromatic N) is 5. The lowest BCUT2D eigenvalue weighted by molar-refractivity contribution is -0.274. The maximum atomic E-state index is 13.4. The molecule has 0 saturated carbocycles. The average Bonchev–Trinajstić information content (AvgIpc) is 3.26. The summed E-state index contributed by atoms with van der Waals surface area (Å²) in [5.41, 5.74) is 1.28. The molecule has 0 N–H and O–H groups in total. The lowest BCUT2D eigenvalue weighted by atomic mass is 10.1. The average molecular weight is 463 g/mol. The Bertz CT molecular complexity index is 1040. The number of hydrogen-bond donors (Lipinski definition) is 0. The highest BCUT2D eigenvalue weighted by atomic mass is 32.2. The minimum Gasteiger partial charge on any atom is -0.406 e. The third-order valence-corrected chi connectivity index (χ3v) is 6.15. The number of amides is 1.